The van der Waals surface area contributed by atoms with E-state index in [4.69, 9.17) is 0 Å². The van der Waals surface area contributed by atoms with Crippen molar-refractivity contribution < 1.29 is 4.79 Å². The van der Waals surface area contributed by atoms with E-state index in [1.54, 1.807) is 0 Å². The van der Waals surface area contributed by atoms with Gasteiger partial charge in [-0.05, 0) is 30.9 Å². The summed E-state index contributed by atoms with van der Waals surface area (Å²) in [5, 5.41) is 3.32. The van der Waals surface area contributed by atoms with E-state index >= 15 is 0 Å². The van der Waals surface area contributed by atoms with Gasteiger partial charge in [-0.3, -0.25) is 10.1 Å². The normalized spacial score (nSPS) is 19.9. The first-order valence-corrected chi connectivity index (χ1v) is 6.59. The number of nitrogens with one attached hydrogen (secondary N) is 1. The molecule has 98 valence electrons. The van der Waals surface area contributed by atoms with Crippen molar-refractivity contribution in [2.75, 3.05) is 13.1 Å². The summed E-state index contributed by atoms with van der Waals surface area (Å²) in [4.78, 5) is 13.9. The molecule has 1 saturated heterocycles. The van der Waals surface area contributed by atoms with Crippen LogP contribution in [0.4, 0.5) is 0 Å². The van der Waals surface area contributed by atoms with E-state index in [-0.39, 0.29) is 12.1 Å². The fourth-order valence-electron chi connectivity index (χ4n) is 2.47. The summed E-state index contributed by atoms with van der Waals surface area (Å²) in [7, 11) is 0. The monoisotopic (exact) mass is 246 g/mol. The molecule has 0 bridgehead atoms. The Labute approximate surface area is 109 Å². The lowest BCUT2D eigenvalue weighted by Gasteiger charge is -2.27. The number of hydrogen-bond acceptors (Lipinski definition) is 2. The van der Waals surface area contributed by atoms with Crippen LogP contribution in [0, 0.1) is 19.8 Å². The predicted octanol–water partition coefficient (Wildman–Crippen LogP) is 2.39. The maximum atomic E-state index is 12.0. The molecule has 3 nitrogen and oxygen atoms in total. The molecule has 1 aliphatic heterocycles. The van der Waals surface area contributed by atoms with Crippen LogP contribution >= 0.6 is 0 Å². The van der Waals surface area contributed by atoms with E-state index in [0.29, 0.717) is 12.5 Å². The van der Waals surface area contributed by atoms with Gasteiger partial charge in [-0.1, -0.05) is 37.6 Å². The van der Waals surface area contributed by atoms with Gasteiger partial charge in [0.1, 0.15) is 6.17 Å². The number of aryl methyl sites for hydroxylation is 2. The highest BCUT2D eigenvalue weighted by Gasteiger charge is 2.32. The standard InChI is InChI=1S/C15H22N2O/c1-10(2)9-17-14(18)8-16-15(17)13-7-11(3)5-6-12(13)4/h5-7,10,15-16H,8-9H2,1-4H3. The van der Waals surface area contributed by atoms with E-state index in [2.05, 4.69) is 51.2 Å². The van der Waals surface area contributed by atoms with Gasteiger partial charge in [0.15, 0.2) is 0 Å². The molecule has 0 aliphatic carbocycles. The minimum Gasteiger partial charge on any atom is -0.322 e. The van der Waals surface area contributed by atoms with Crippen molar-refractivity contribution in [2.24, 2.45) is 5.92 Å². The lowest BCUT2D eigenvalue weighted by atomic mass is 10.0. The van der Waals surface area contributed by atoms with Crippen LogP contribution < -0.4 is 5.32 Å². The lowest BCUT2D eigenvalue weighted by molar-refractivity contribution is -0.128. The van der Waals surface area contributed by atoms with E-state index in [0.717, 1.165) is 6.54 Å². The summed E-state index contributed by atoms with van der Waals surface area (Å²) in [5.74, 6) is 0.691. The summed E-state index contributed by atoms with van der Waals surface area (Å²) in [5.41, 5.74) is 3.70. The summed E-state index contributed by atoms with van der Waals surface area (Å²) in [6.45, 7) is 9.74. The summed E-state index contributed by atoms with van der Waals surface area (Å²) in [6, 6.07) is 6.42. The predicted molar refractivity (Wildman–Crippen MR) is 73.2 cm³/mol. The van der Waals surface area contributed by atoms with Crippen molar-refractivity contribution in [3.05, 3.63) is 34.9 Å². The molecular weight excluding hydrogens is 224 g/mol. The highest BCUT2D eigenvalue weighted by atomic mass is 16.2. The van der Waals surface area contributed by atoms with Gasteiger partial charge in [0.05, 0.1) is 6.54 Å². The van der Waals surface area contributed by atoms with Gasteiger partial charge in [0.25, 0.3) is 0 Å². The Kier molecular flexibility index (Phi) is 3.71. The zero-order valence-corrected chi connectivity index (χ0v) is 11.7. The fraction of sp³-hybridized carbons (Fsp3) is 0.533. The molecule has 1 aromatic rings. The first-order valence-electron chi connectivity index (χ1n) is 6.59. The molecule has 2 rings (SSSR count). The van der Waals surface area contributed by atoms with Crippen LogP contribution in [0.25, 0.3) is 0 Å². The van der Waals surface area contributed by atoms with Crippen molar-refractivity contribution >= 4 is 5.91 Å². The molecule has 0 saturated carbocycles. The highest BCUT2D eigenvalue weighted by Crippen LogP contribution is 2.26. The van der Waals surface area contributed by atoms with Crippen LogP contribution in [-0.4, -0.2) is 23.9 Å². The molecule has 0 spiro atoms. The van der Waals surface area contributed by atoms with Crippen molar-refractivity contribution in [3.8, 4) is 0 Å². The second-order valence-corrected chi connectivity index (χ2v) is 5.58. The van der Waals surface area contributed by atoms with Crippen LogP contribution in [-0.2, 0) is 4.79 Å². The third-order valence-corrected chi connectivity index (χ3v) is 3.37. The fourth-order valence-corrected chi connectivity index (χ4v) is 2.47. The molecular formula is C15H22N2O. The van der Waals surface area contributed by atoms with Gasteiger partial charge in [-0.2, -0.15) is 0 Å². The summed E-state index contributed by atoms with van der Waals surface area (Å²) < 4.78 is 0. The number of amides is 1. The number of rotatable bonds is 3. The largest absolute Gasteiger partial charge is 0.322 e. The maximum Gasteiger partial charge on any atom is 0.238 e. The molecule has 18 heavy (non-hydrogen) atoms. The van der Waals surface area contributed by atoms with E-state index in [9.17, 15) is 4.79 Å². The summed E-state index contributed by atoms with van der Waals surface area (Å²) >= 11 is 0. The van der Waals surface area contributed by atoms with Crippen LogP contribution in [0.5, 0.6) is 0 Å². The topological polar surface area (TPSA) is 32.3 Å². The SMILES string of the molecule is Cc1ccc(C)c(C2NCC(=O)N2CC(C)C)c1. The Hall–Kier alpha value is -1.35. The number of carbonyl (C=O) groups excluding carboxylic acids is 1. The van der Waals surface area contributed by atoms with Crippen molar-refractivity contribution in [1.82, 2.24) is 10.2 Å². The Morgan fingerprint density at radius 2 is 2.11 bits per heavy atom. The van der Waals surface area contributed by atoms with Crippen LogP contribution in [0.3, 0.4) is 0 Å². The third-order valence-electron chi connectivity index (χ3n) is 3.37. The van der Waals surface area contributed by atoms with Gasteiger partial charge >= 0.3 is 0 Å². The zero-order chi connectivity index (χ0) is 13.3. The smallest absolute Gasteiger partial charge is 0.238 e. The number of carbonyl (C=O) groups is 1. The van der Waals surface area contributed by atoms with Gasteiger partial charge < -0.3 is 4.90 Å². The molecule has 0 aromatic heterocycles. The van der Waals surface area contributed by atoms with Crippen LogP contribution in [0.2, 0.25) is 0 Å². The first-order chi connectivity index (χ1) is 8.49. The maximum absolute atomic E-state index is 12.0. The Morgan fingerprint density at radius 3 is 2.78 bits per heavy atom. The third kappa shape index (κ3) is 2.56. The molecule has 1 amide bonds. The first kappa shape index (κ1) is 13.1. The molecule has 1 unspecified atom stereocenters. The van der Waals surface area contributed by atoms with E-state index < -0.39 is 0 Å². The second-order valence-electron chi connectivity index (χ2n) is 5.58. The van der Waals surface area contributed by atoms with E-state index in [1.165, 1.54) is 16.7 Å². The summed E-state index contributed by atoms with van der Waals surface area (Å²) in [6.07, 6.45) is 0.0415. The lowest BCUT2D eigenvalue weighted by Crippen LogP contribution is -2.33. The molecule has 3 heteroatoms. The molecule has 0 radical (unpaired) electrons. The number of benzene rings is 1. The Bertz CT molecular complexity index is 454. The van der Waals surface area contributed by atoms with Gasteiger partial charge in [0, 0.05) is 6.54 Å². The minimum atomic E-state index is 0.0415. The van der Waals surface area contributed by atoms with Crippen LogP contribution in [0.1, 0.15) is 36.7 Å². The Morgan fingerprint density at radius 1 is 1.39 bits per heavy atom. The Balaban J connectivity index is 2.31. The van der Waals surface area contributed by atoms with Gasteiger partial charge in [-0.25, -0.2) is 0 Å². The number of nitrogens with zero attached hydrogens (tertiary/aromatic N) is 1. The van der Waals surface area contributed by atoms with Crippen molar-refractivity contribution in [3.63, 3.8) is 0 Å². The molecule has 1 N–H and O–H groups in total. The molecule has 1 heterocycles. The molecule has 1 fully saturated rings. The molecule has 1 aliphatic rings. The number of hydrogen-bond donors (Lipinski definition) is 1. The molecule has 1 aromatic carbocycles. The molecule has 1 atom stereocenters. The minimum absolute atomic E-state index is 0.0415. The highest BCUT2D eigenvalue weighted by molar-refractivity contribution is 5.81. The van der Waals surface area contributed by atoms with E-state index in [1.807, 2.05) is 4.90 Å². The van der Waals surface area contributed by atoms with Crippen molar-refractivity contribution in [2.45, 2.75) is 33.9 Å². The van der Waals surface area contributed by atoms with Crippen molar-refractivity contribution in [1.29, 1.82) is 0 Å². The zero-order valence-electron chi connectivity index (χ0n) is 11.7. The van der Waals surface area contributed by atoms with Crippen LogP contribution in [0.15, 0.2) is 18.2 Å². The second kappa shape index (κ2) is 5.11. The van der Waals surface area contributed by atoms with Gasteiger partial charge in [0.2, 0.25) is 5.91 Å². The van der Waals surface area contributed by atoms with Gasteiger partial charge in [-0.15, -0.1) is 0 Å². The average Bonchev–Trinajstić information content (AvgIpc) is 2.64. The quantitative estimate of drug-likeness (QED) is 0.888. The average molecular weight is 246 g/mol.